The number of carbonyl (C=O) groups is 2. The molecule has 0 aromatic carbocycles. The quantitative estimate of drug-likeness (QED) is 0.507. The van der Waals surface area contributed by atoms with Crippen LogP contribution in [0.4, 0.5) is 0 Å². The summed E-state index contributed by atoms with van der Waals surface area (Å²) in [6.45, 7) is 2.05. The SMILES string of the molecule is CC/C=C\C[C@H](O)/C=C/[C@@H]1C=CC(=O)[C@H]1C/C=C\C/C=C\CCC(=O)O. The first-order chi connectivity index (χ1) is 12.5. The Morgan fingerprint density at radius 2 is 1.96 bits per heavy atom. The fourth-order valence-corrected chi connectivity index (χ4v) is 2.70. The van der Waals surface area contributed by atoms with Gasteiger partial charge in [-0.2, -0.15) is 0 Å². The number of aliphatic hydroxyl groups is 1. The van der Waals surface area contributed by atoms with Crippen molar-refractivity contribution in [2.75, 3.05) is 0 Å². The highest BCUT2D eigenvalue weighted by Crippen LogP contribution is 2.27. The molecule has 4 nitrogen and oxygen atoms in total. The Kier molecular flexibility index (Phi) is 11.0. The van der Waals surface area contributed by atoms with Crippen molar-refractivity contribution in [2.45, 2.75) is 51.6 Å². The molecule has 3 atom stereocenters. The average molecular weight is 358 g/mol. The molecule has 1 aliphatic carbocycles. The van der Waals surface area contributed by atoms with Crippen LogP contribution in [0.1, 0.15) is 45.4 Å². The summed E-state index contributed by atoms with van der Waals surface area (Å²) >= 11 is 0. The van der Waals surface area contributed by atoms with Gasteiger partial charge in [-0.3, -0.25) is 9.59 Å². The van der Waals surface area contributed by atoms with Gasteiger partial charge in [0.05, 0.1) is 6.10 Å². The topological polar surface area (TPSA) is 74.6 Å². The van der Waals surface area contributed by atoms with Gasteiger partial charge in [0.15, 0.2) is 5.78 Å². The molecule has 2 N–H and O–H groups in total. The first-order valence-corrected chi connectivity index (χ1v) is 9.29. The van der Waals surface area contributed by atoms with Gasteiger partial charge in [-0.15, -0.1) is 0 Å². The number of rotatable bonds is 12. The molecule has 0 saturated carbocycles. The van der Waals surface area contributed by atoms with Gasteiger partial charge in [0.1, 0.15) is 0 Å². The third-order valence-electron chi connectivity index (χ3n) is 4.17. The first kappa shape index (κ1) is 21.8. The largest absolute Gasteiger partial charge is 0.481 e. The Labute approximate surface area is 156 Å². The summed E-state index contributed by atoms with van der Waals surface area (Å²) in [7, 11) is 0. The second-order valence-corrected chi connectivity index (χ2v) is 6.36. The number of aliphatic carboxylic acids is 1. The van der Waals surface area contributed by atoms with E-state index in [2.05, 4.69) is 6.92 Å². The van der Waals surface area contributed by atoms with E-state index in [0.29, 0.717) is 19.3 Å². The summed E-state index contributed by atoms with van der Waals surface area (Å²) in [5.41, 5.74) is 0. The Bertz CT molecular complexity index is 581. The van der Waals surface area contributed by atoms with Gasteiger partial charge < -0.3 is 10.2 Å². The van der Waals surface area contributed by atoms with E-state index < -0.39 is 12.1 Å². The monoisotopic (exact) mass is 358 g/mol. The van der Waals surface area contributed by atoms with Gasteiger partial charge in [-0.25, -0.2) is 0 Å². The van der Waals surface area contributed by atoms with Crippen LogP contribution in [0.15, 0.2) is 60.8 Å². The molecule has 0 aromatic heterocycles. The Hall–Kier alpha value is -2.20. The number of carboxylic acids is 1. The summed E-state index contributed by atoms with van der Waals surface area (Å²) in [6, 6.07) is 0. The van der Waals surface area contributed by atoms with E-state index in [9.17, 15) is 14.7 Å². The van der Waals surface area contributed by atoms with Gasteiger partial charge in [0.2, 0.25) is 0 Å². The molecule has 1 aliphatic rings. The predicted octanol–water partition coefficient (Wildman–Crippen LogP) is 4.39. The Morgan fingerprint density at radius 1 is 1.19 bits per heavy atom. The molecule has 1 rings (SSSR count). The molecular weight excluding hydrogens is 328 g/mol. The van der Waals surface area contributed by atoms with Crippen molar-refractivity contribution in [1.82, 2.24) is 0 Å². The van der Waals surface area contributed by atoms with Crippen LogP contribution in [0, 0.1) is 11.8 Å². The lowest BCUT2D eigenvalue weighted by Gasteiger charge is -2.13. The van der Waals surface area contributed by atoms with Crippen molar-refractivity contribution in [3.8, 4) is 0 Å². The van der Waals surface area contributed by atoms with Crippen LogP contribution < -0.4 is 0 Å². The van der Waals surface area contributed by atoms with Crippen molar-refractivity contribution >= 4 is 11.8 Å². The number of hydrogen-bond acceptors (Lipinski definition) is 3. The Morgan fingerprint density at radius 3 is 2.69 bits per heavy atom. The van der Waals surface area contributed by atoms with Crippen LogP contribution in [0.25, 0.3) is 0 Å². The summed E-state index contributed by atoms with van der Waals surface area (Å²) < 4.78 is 0. The minimum absolute atomic E-state index is 0.0306. The average Bonchev–Trinajstić information content (AvgIpc) is 2.95. The van der Waals surface area contributed by atoms with Crippen LogP contribution in [0.3, 0.4) is 0 Å². The van der Waals surface area contributed by atoms with Crippen LogP contribution in [0.5, 0.6) is 0 Å². The second kappa shape index (κ2) is 13.1. The summed E-state index contributed by atoms with van der Waals surface area (Å²) in [6.07, 6.45) is 22.1. The maximum atomic E-state index is 12.0. The van der Waals surface area contributed by atoms with E-state index in [0.717, 1.165) is 12.8 Å². The van der Waals surface area contributed by atoms with Crippen molar-refractivity contribution in [3.63, 3.8) is 0 Å². The number of carboxylic acid groups (broad SMARTS) is 1. The molecule has 0 fully saturated rings. The fraction of sp³-hybridized carbons (Fsp3) is 0.455. The molecule has 0 bridgehead atoms. The minimum atomic E-state index is -0.789. The smallest absolute Gasteiger partial charge is 0.303 e. The molecule has 0 radical (unpaired) electrons. The normalized spacial score (nSPS) is 21.8. The lowest BCUT2D eigenvalue weighted by Crippen LogP contribution is -2.14. The van der Waals surface area contributed by atoms with Crippen molar-refractivity contribution in [2.24, 2.45) is 11.8 Å². The van der Waals surface area contributed by atoms with Crippen molar-refractivity contribution < 1.29 is 19.8 Å². The third kappa shape index (κ3) is 9.33. The second-order valence-electron chi connectivity index (χ2n) is 6.36. The number of aliphatic hydroxyl groups excluding tert-OH is 1. The molecule has 26 heavy (non-hydrogen) atoms. The zero-order valence-electron chi connectivity index (χ0n) is 15.5. The highest BCUT2D eigenvalue weighted by Gasteiger charge is 2.27. The van der Waals surface area contributed by atoms with Crippen molar-refractivity contribution in [3.05, 3.63) is 60.8 Å². The van der Waals surface area contributed by atoms with Gasteiger partial charge >= 0.3 is 5.97 Å². The van der Waals surface area contributed by atoms with E-state index in [1.54, 1.807) is 12.2 Å². The van der Waals surface area contributed by atoms with Crippen LogP contribution in [-0.2, 0) is 9.59 Å². The lowest BCUT2D eigenvalue weighted by atomic mass is 9.90. The fourth-order valence-electron chi connectivity index (χ4n) is 2.70. The molecule has 142 valence electrons. The number of hydrogen-bond donors (Lipinski definition) is 2. The molecule has 0 aromatic rings. The zero-order valence-corrected chi connectivity index (χ0v) is 15.5. The molecular formula is C22H30O4. The number of allylic oxidation sites excluding steroid dienone is 8. The molecule has 0 saturated heterocycles. The molecule has 0 spiro atoms. The predicted molar refractivity (Wildman–Crippen MR) is 105 cm³/mol. The van der Waals surface area contributed by atoms with Crippen molar-refractivity contribution in [1.29, 1.82) is 0 Å². The Balaban J connectivity index is 2.39. The van der Waals surface area contributed by atoms with Crippen LogP contribution >= 0.6 is 0 Å². The maximum Gasteiger partial charge on any atom is 0.303 e. The van der Waals surface area contributed by atoms with Gasteiger partial charge in [0, 0.05) is 18.3 Å². The highest BCUT2D eigenvalue weighted by molar-refractivity contribution is 5.95. The minimum Gasteiger partial charge on any atom is -0.481 e. The highest BCUT2D eigenvalue weighted by atomic mass is 16.4. The number of ketones is 1. The van der Waals surface area contributed by atoms with E-state index in [1.807, 2.05) is 48.6 Å². The van der Waals surface area contributed by atoms with E-state index >= 15 is 0 Å². The summed E-state index contributed by atoms with van der Waals surface area (Å²) in [5, 5.41) is 18.5. The first-order valence-electron chi connectivity index (χ1n) is 9.29. The molecule has 0 heterocycles. The van der Waals surface area contributed by atoms with Gasteiger partial charge in [-0.05, 0) is 38.2 Å². The molecule has 0 amide bonds. The maximum absolute atomic E-state index is 12.0. The van der Waals surface area contributed by atoms with Gasteiger partial charge in [-0.1, -0.05) is 61.6 Å². The summed E-state index contributed by atoms with van der Waals surface area (Å²) in [4.78, 5) is 22.4. The standard InChI is InChI=1S/C22H30O4/c1-2-3-8-11-19(23)16-14-18-15-17-21(24)20(18)12-9-6-4-5-7-10-13-22(25)26/h3,5-9,14-20,23H,2,4,10-13H2,1H3,(H,25,26)/b7-5-,8-3-,9-6-,16-14+/t18-,19+,20+/m1/s1. The zero-order chi connectivity index (χ0) is 19.2. The molecule has 0 aliphatic heterocycles. The van der Waals surface area contributed by atoms with Gasteiger partial charge in [0.25, 0.3) is 0 Å². The van der Waals surface area contributed by atoms with E-state index in [1.165, 1.54) is 0 Å². The number of carbonyl (C=O) groups excluding carboxylic acids is 1. The third-order valence-corrected chi connectivity index (χ3v) is 4.17. The van der Waals surface area contributed by atoms with E-state index in [-0.39, 0.29) is 24.0 Å². The lowest BCUT2D eigenvalue weighted by molar-refractivity contribution is -0.136. The van der Waals surface area contributed by atoms with E-state index in [4.69, 9.17) is 5.11 Å². The van der Waals surface area contributed by atoms with Crippen LogP contribution in [-0.4, -0.2) is 28.1 Å². The molecule has 4 heteroatoms. The summed E-state index contributed by atoms with van der Waals surface area (Å²) in [5.74, 6) is -0.732. The van der Waals surface area contributed by atoms with Crippen LogP contribution in [0.2, 0.25) is 0 Å². The molecule has 0 unspecified atom stereocenters.